The van der Waals surface area contributed by atoms with Crippen molar-refractivity contribution in [3.63, 3.8) is 0 Å². The number of carbonyl (C=O) groups is 2. The average Bonchev–Trinajstić information content (AvgIpc) is 2.00. The number of nitrogens with one attached hydrogen (secondary N) is 1. The van der Waals surface area contributed by atoms with Gasteiger partial charge in [0.1, 0.15) is 6.04 Å². The van der Waals surface area contributed by atoms with Crippen LogP contribution in [0.1, 0.15) is 13.3 Å². The van der Waals surface area contributed by atoms with Crippen molar-refractivity contribution in [1.82, 2.24) is 5.32 Å². The molecule has 1 amide bonds. The number of amides is 1. The minimum Gasteiger partial charge on any atom is -0.467 e. The summed E-state index contributed by atoms with van der Waals surface area (Å²) in [6.45, 7) is 4.92. The van der Waals surface area contributed by atoms with Gasteiger partial charge in [0.05, 0.1) is 7.11 Å². The molecule has 0 aromatic carbocycles. The van der Waals surface area contributed by atoms with Crippen LogP contribution in [-0.4, -0.2) is 25.0 Å². The highest BCUT2D eigenvalue weighted by molar-refractivity contribution is 9.11. The minimum atomic E-state index is -0.658. The molecular weight excluding hydrogens is 238 g/mol. The number of rotatable bonds is 4. The number of halogens is 1. The smallest absolute Gasteiger partial charge is 0.328 e. The number of carbonyl (C=O) groups excluding carboxylic acids is 2. The van der Waals surface area contributed by atoms with Crippen LogP contribution >= 0.6 is 15.9 Å². The highest BCUT2D eigenvalue weighted by Gasteiger charge is 2.19. The molecule has 0 aromatic heterocycles. The molecule has 0 radical (unpaired) electrons. The molecule has 4 nitrogen and oxygen atoms in total. The van der Waals surface area contributed by atoms with Crippen molar-refractivity contribution in [3.05, 3.63) is 11.1 Å². The predicted molar refractivity (Wildman–Crippen MR) is 52.3 cm³/mol. The van der Waals surface area contributed by atoms with E-state index in [0.717, 1.165) is 0 Å². The van der Waals surface area contributed by atoms with Gasteiger partial charge in [-0.25, -0.2) is 4.79 Å². The fourth-order valence-electron chi connectivity index (χ4n) is 0.802. The van der Waals surface area contributed by atoms with Crippen molar-refractivity contribution in [3.8, 4) is 0 Å². The number of esters is 1. The zero-order chi connectivity index (χ0) is 10.4. The fraction of sp³-hybridized carbons (Fsp3) is 0.500. The van der Waals surface area contributed by atoms with Crippen LogP contribution in [0.25, 0.3) is 0 Å². The quantitative estimate of drug-likeness (QED) is 0.756. The van der Waals surface area contributed by atoms with Gasteiger partial charge in [0.2, 0.25) is 5.91 Å². The summed E-state index contributed by atoms with van der Waals surface area (Å²) in [7, 11) is 1.27. The van der Waals surface area contributed by atoms with Gasteiger partial charge in [-0.3, -0.25) is 4.79 Å². The average molecular weight is 250 g/mol. The Kier molecular flexibility index (Phi) is 5.37. The molecule has 0 aromatic rings. The minimum absolute atomic E-state index is 0.274. The summed E-state index contributed by atoms with van der Waals surface area (Å²) in [5.41, 5.74) is 0. The Labute approximate surface area is 85.5 Å². The summed E-state index contributed by atoms with van der Waals surface area (Å²) >= 11 is 3.11. The van der Waals surface area contributed by atoms with E-state index < -0.39 is 12.0 Å². The second kappa shape index (κ2) is 5.75. The van der Waals surface area contributed by atoms with Crippen LogP contribution in [0.3, 0.4) is 0 Å². The third-order valence-corrected chi connectivity index (χ3v) is 1.61. The lowest BCUT2D eigenvalue weighted by Gasteiger charge is -2.14. The van der Waals surface area contributed by atoms with Crippen LogP contribution in [0.5, 0.6) is 0 Å². The molecule has 1 N–H and O–H groups in total. The zero-order valence-corrected chi connectivity index (χ0v) is 9.18. The molecule has 0 unspecified atom stereocenters. The predicted octanol–water partition coefficient (Wildman–Crippen LogP) is 0.963. The fourth-order valence-corrected chi connectivity index (χ4v) is 1.13. The van der Waals surface area contributed by atoms with Gasteiger partial charge >= 0.3 is 5.97 Å². The van der Waals surface area contributed by atoms with Crippen LogP contribution in [0.2, 0.25) is 0 Å². The van der Waals surface area contributed by atoms with Gasteiger partial charge in [-0.1, -0.05) is 22.5 Å². The number of ether oxygens (including phenoxy) is 1. The summed E-state index contributed by atoms with van der Waals surface area (Å²) in [5.74, 6) is -0.750. The molecule has 0 bridgehead atoms. The molecule has 0 saturated carbocycles. The maximum absolute atomic E-state index is 11.1. The summed E-state index contributed by atoms with van der Waals surface area (Å²) in [6, 6.07) is -0.658. The number of hydrogen-bond acceptors (Lipinski definition) is 3. The van der Waals surface area contributed by atoms with Gasteiger partial charge in [-0.2, -0.15) is 0 Å². The normalized spacial score (nSPS) is 11.6. The summed E-state index contributed by atoms with van der Waals surface area (Å²) in [6.07, 6.45) is 0.326. The largest absolute Gasteiger partial charge is 0.467 e. The number of hydrogen-bond donors (Lipinski definition) is 1. The standard InChI is InChI=1S/C8H12BrNO3/c1-5(9)4-7(8(12)13-3)10-6(2)11/h7H,1,4H2,2-3H3,(H,10,11)/t7-/m1/s1. The first kappa shape index (κ1) is 12.2. The summed E-state index contributed by atoms with van der Waals surface area (Å²) in [4.78, 5) is 21.8. The van der Waals surface area contributed by atoms with Crippen LogP contribution in [0.15, 0.2) is 11.1 Å². The van der Waals surface area contributed by atoms with Crippen molar-refractivity contribution in [2.24, 2.45) is 0 Å². The van der Waals surface area contributed by atoms with Crippen molar-refractivity contribution in [1.29, 1.82) is 0 Å². The van der Waals surface area contributed by atoms with Crippen LogP contribution in [-0.2, 0) is 14.3 Å². The van der Waals surface area contributed by atoms with Gasteiger partial charge in [0, 0.05) is 13.3 Å². The summed E-state index contributed by atoms with van der Waals surface area (Å²) in [5, 5.41) is 2.46. The van der Waals surface area contributed by atoms with Crippen LogP contribution in [0.4, 0.5) is 0 Å². The van der Waals surface area contributed by atoms with Crippen molar-refractivity contribution in [2.75, 3.05) is 7.11 Å². The third-order valence-electron chi connectivity index (χ3n) is 1.29. The topological polar surface area (TPSA) is 55.4 Å². The Balaban J connectivity index is 4.26. The Hall–Kier alpha value is -0.840. The Morgan fingerprint density at radius 2 is 2.15 bits per heavy atom. The van der Waals surface area contributed by atoms with Gasteiger partial charge < -0.3 is 10.1 Å². The van der Waals surface area contributed by atoms with E-state index in [-0.39, 0.29) is 5.91 Å². The van der Waals surface area contributed by atoms with E-state index in [1.54, 1.807) is 0 Å². The van der Waals surface area contributed by atoms with Gasteiger partial charge in [0.25, 0.3) is 0 Å². The van der Waals surface area contributed by atoms with E-state index in [9.17, 15) is 9.59 Å². The van der Waals surface area contributed by atoms with Crippen molar-refractivity contribution in [2.45, 2.75) is 19.4 Å². The van der Waals surface area contributed by atoms with E-state index in [2.05, 4.69) is 32.6 Å². The molecule has 0 heterocycles. The zero-order valence-electron chi connectivity index (χ0n) is 7.59. The molecule has 0 aliphatic carbocycles. The highest BCUT2D eigenvalue weighted by atomic mass is 79.9. The first-order chi connectivity index (χ1) is 5.97. The molecule has 0 aliphatic rings. The Bertz CT molecular complexity index is 211. The molecule has 0 fully saturated rings. The van der Waals surface area contributed by atoms with Crippen molar-refractivity contribution >= 4 is 27.8 Å². The van der Waals surface area contributed by atoms with E-state index in [4.69, 9.17) is 0 Å². The molecule has 0 rings (SSSR count). The molecule has 1 atom stereocenters. The number of methoxy groups -OCH3 is 1. The second-order valence-electron chi connectivity index (χ2n) is 2.50. The van der Waals surface area contributed by atoms with Crippen molar-refractivity contribution < 1.29 is 14.3 Å². The molecule has 5 heteroatoms. The van der Waals surface area contributed by atoms with Crippen LogP contribution < -0.4 is 5.32 Å². The first-order valence-electron chi connectivity index (χ1n) is 3.65. The van der Waals surface area contributed by atoms with E-state index in [0.29, 0.717) is 10.9 Å². The molecule has 0 spiro atoms. The Morgan fingerprint density at radius 1 is 1.62 bits per heavy atom. The Morgan fingerprint density at radius 3 is 2.46 bits per heavy atom. The van der Waals surface area contributed by atoms with Gasteiger partial charge in [-0.05, 0) is 4.48 Å². The first-order valence-corrected chi connectivity index (χ1v) is 4.45. The SMILES string of the molecule is C=C(Br)C[C@@H](NC(C)=O)C(=O)OC. The molecular formula is C8H12BrNO3. The second-order valence-corrected chi connectivity index (χ2v) is 3.62. The van der Waals surface area contributed by atoms with E-state index in [1.165, 1.54) is 14.0 Å². The lowest BCUT2D eigenvalue weighted by Crippen LogP contribution is -2.40. The van der Waals surface area contributed by atoms with Crippen LogP contribution in [0, 0.1) is 0 Å². The van der Waals surface area contributed by atoms with E-state index >= 15 is 0 Å². The third kappa shape index (κ3) is 5.41. The lowest BCUT2D eigenvalue weighted by molar-refractivity contribution is -0.144. The molecule has 0 aliphatic heterocycles. The van der Waals surface area contributed by atoms with E-state index in [1.807, 2.05) is 0 Å². The molecule has 0 saturated heterocycles. The lowest BCUT2D eigenvalue weighted by atomic mass is 10.2. The van der Waals surface area contributed by atoms with Gasteiger partial charge in [-0.15, -0.1) is 0 Å². The maximum Gasteiger partial charge on any atom is 0.328 e. The summed E-state index contributed by atoms with van der Waals surface area (Å²) < 4.78 is 5.13. The monoisotopic (exact) mass is 249 g/mol. The maximum atomic E-state index is 11.1. The molecule has 74 valence electrons. The van der Waals surface area contributed by atoms with Gasteiger partial charge in [0.15, 0.2) is 0 Å². The highest BCUT2D eigenvalue weighted by Crippen LogP contribution is 2.10. The molecule has 13 heavy (non-hydrogen) atoms.